The average molecular weight is 415 g/mol. The predicted molar refractivity (Wildman–Crippen MR) is 104 cm³/mol. The van der Waals surface area contributed by atoms with Crippen molar-refractivity contribution in [1.29, 1.82) is 0 Å². The quantitative estimate of drug-likeness (QED) is 0.440. The van der Waals surface area contributed by atoms with Gasteiger partial charge in [-0.2, -0.15) is 0 Å². The molecule has 0 radical (unpaired) electrons. The zero-order valence-corrected chi connectivity index (χ0v) is 16.0. The fraction of sp³-hybridized carbons (Fsp3) is 0.250. The number of non-ortho nitro benzene ring substituents is 1. The zero-order valence-electron chi connectivity index (χ0n) is 16.0. The lowest BCUT2D eigenvalue weighted by Crippen LogP contribution is -2.28. The third-order valence-corrected chi connectivity index (χ3v) is 4.65. The summed E-state index contributed by atoms with van der Waals surface area (Å²) >= 11 is 0. The van der Waals surface area contributed by atoms with Gasteiger partial charge in [-0.1, -0.05) is 18.2 Å². The molecule has 9 nitrogen and oxygen atoms in total. The van der Waals surface area contributed by atoms with Crippen molar-refractivity contribution in [3.8, 4) is 0 Å². The molecule has 0 aliphatic carbocycles. The molecule has 0 bridgehead atoms. The first-order chi connectivity index (χ1) is 14.3. The molecular weight excluding hydrogens is 397 g/mol. The summed E-state index contributed by atoms with van der Waals surface area (Å²) in [4.78, 5) is 47.9. The maximum atomic E-state index is 13.9. The number of para-hydroxylation sites is 1. The Balaban J connectivity index is 1.57. The highest BCUT2D eigenvalue weighted by molar-refractivity contribution is 6.00. The number of benzene rings is 2. The standard InChI is InChI=1S/C20H18FN3O6/c1-12-6-7-14(24(28)29)9-16(12)22-18(25)11-30-20(27)13-8-19(26)23(10-13)17-5-3-2-4-15(17)21/h2-7,9,13H,8,10-11H2,1H3,(H,22,25)/t13-/m0/s1. The fourth-order valence-electron chi connectivity index (χ4n) is 3.07. The number of esters is 1. The van der Waals surface area contributed by atoms with Gasteiger partial charge in [-0.15, -0.1) is 0 Å². The summed E-state index contributed by atoms with van der Waals surface area (Å²) in [5.74, 6) is -3.26. The largest absolute Gasteiger partial charge is 0.455 e. The Hall–Kier alpha value is -3.82. The van der Waals surface area contributed by atoms with E-state index < -0.39 is 41.0 Å². The molecule has 30 heavy (non-hydrogen) atoms. The number of nitro groups is 1. The highest BCUT2D eigenvalue weighted by Gasteiger charge is 2.37. The van der Waals surface area contributed by atoms with E-state index in [1.54, 1.807) is 13.0 Å². The van der Waals surface area contributed by atoms with Crippen LogP contribution in [0.5, 0.6) is 0 Å². The molecule has 0 aromatic heterocycles. The van der Waals surface area contributed by atoms with Crippen LogP contribution in [0.15, 0.2) is 42.5 Å². The smallest absolute Gasteiger partial charge is 0.311 e. The number of hydrogen-bond donors (Lipinski definition) is 1. The maximum absolute atomic E-state index is 13.9. The van der Waals surface area contributed by atoms with Gasteiger partial charge in [-0.25, -0.2) is 4.39 Å². The number of nitrogens with one attached hydrogen (secondary N) is 1. The van der Waals surface area contributed by atoms with Crippen LogP contribution in [-0.4, -0.2) is 35.9 Å². The summed E-state index contributed by atoms with van der Waals surface area (Å²) in [6, 6.07) is 9.73. The molecule has 0 spiro atoms. The van der Waals surface area contributed by atoms with Crippen molar-refractivity contribution in [3.05, 3.63) is 64.0 Å². The molecule has 2 aromatic rings. The van der Waals surface area contributed by atoms with Gasteiger partial charge < -0.3 is 15.0 Å². The minimum atomic E-state index is -0.829. The third-order valence-electron chi connectivity index (χ3n) is 4.65. The number of rotatable bonds is 6. The highest BCUT2D eigenvalue weighted by atomic mass is 19.1. The van der Waals surface area contributed by atoms with Crippen molar-refractivity contribution >= 4 is 34.8 Å². The number of carbonyl (C=O) groups excluding carboxylic acids is 3. The van der Waals surface area contributed by atoms with Gasteiger partial charge in [0.15, 0.2) is 6.61 Å². The number of halogens is 1. The average Bonchev–Trinajstić information content (AvgIpc) is 3.09. The second-order valence-electron chi connectivity index (χ2n) is 6.77. The molecule has 156 valence electrons. The molecule has 0 unspecified atom stereocenters. The van der Waals surface area contributed by atoms with Crippen molar-refractivity contribution in [1.82, 2.24) is 0 Å². The van der Waals surface area contributed by atoms with Gasteiger partial charge in [-0.3, -0.25) is 24.5 Å². The van der Waals surface area contributed by atoms with Crippen molar-refractivity contribution in [2.24, 2.45) is 5.92 Å². The van der Waals surface area contributed by atoms with Crippen molar-refractivity contribution < 1.29 is 28.4 Å². The first-order valence-corrected chi connectivity index (χ1v) is 9.02. The normalized spacial score (nSPS) is 15.7. The third kappa shape index (κ3) is 4.59. The van der Waals surface area contributed by atoms with E-state index in [4.69, 9.17) is 4.74 Å². The van der Waals surface area contributed by atoms with E-state index in [2.05, 4.69) is 5.32 Å². The van der Waals surface area contributed by atoms with E-state index in [1.165, 1.54) is 41.3 Å². The van der Waals surface area contributed by atoms with Gasteiger partial charge in [0.1, 0.15) is 5.82 Å². The number of nitro benzene ring substituents is 1. The Morgan fingerprint density at radius 3 is 2.73 bits per heavy atom. The summed E-state index contributed by atoms with van der Waals surface area (Å²) in [6.07, 6.45) is -0.154. The number of anilines is 2. The van der Waals surface area contributed by atoms with Crippen LogP contribution in [0.2, 0.25) is 0 Å². The van der Waals surface area contributed by atoms with E-state index in [1.807, 2.05) is 0 Å². The minimum absolute atomic E-state index is 0.0514. The molecule has 1 aliphatic heterocycles. The van der Waals surface area contributed by atoms with Crippen LogP contribution >= 0.6 is 0 Å². The van der Waals surface area contributed by atoms with Gasteiger partial charge >= 0.3 is 5.97 Å². The first kappa shape index (κ1) is 20.9. The molecule has 1 fully saturated rings. The topological polar surface area (TPSA) is 119 Å². The lowest BCUT2D eigenvalue weighted by Gasteiger charge is -2.17. The number of ether oxygens (including phenoxy) is 1. The molecule has 1 atom stereocenters. The van der Waals surface area contributed by atoms with Gasteiger partial charge in [0.2, 0.25) is 5.91 Å². The number of nitrogens with zero attached hydrogens (tertiary/aromatic N) is 2. The van der Waals surface area contributed by atoms with Crippen LogP contribution in [0, 0.1) is 28.8 Å². The summed E-state index contributed by atoms with van der Waals surface area (Å²) < 4.78 is 18.9. The van der Waals surface area contributed by atoms with E-state index >= 15 is 0 Å². The molecule has 10 heteroatoms. The molecule has 1 aliphatic rings. The van der Waals surface area contributed by atoms with Crippen LogP contribution in [0.3, 0.4) is 0 Å². The van der Waals surface area contributed by atoms with Gasteiger partial charge in [0, 0.05) is 25.1 Å². The Bertz CT molecular complexity index is 1030. The highest BCUT2D eigenvalue weighted by Crippen LogP contribution is 2.28. The summed E-state index contributed by atoms with van der Waals surface area (Å²) in [6.45, 7) is 0.988. The zero-order chi connectivity index (χ0) is 21.8. The van der Waals surface area contributed by atoms with Crippen LogP contribution in [0.1, 0.15) is 12.0 Å². The summed E-state index contributed by atoms with van der Waals surface area (Å²) in [5, 5.41) is 13.3. The molecule has 1 saturated heterocycles. The first-order valence-electron chi connectivity index (χ1n) is 9.02. The monoisotopic (exact) mass is 415 g/mol. The summed E-state index contributed by atoms with van der Waals surface area (Å²) in [5.41, 5.74) is 0.719. The molecule has 2 amide bonds. The molecular formula is C20H18FN3O6. The van der Waals surface area contributed by atoms with Crippen LogP contribution in [-0.2, 0) is 19.1 Å². The minimum Gasteiger partial charge on any atom is -0.455 e. The number of hydrogen-bond acceptors (Lipinski definition) is 6. The second-order valence-corrected chi connectivity index (χ2v) is 6.77. The van der Waals surface area contributed by atoms with Gasteiger partial charge in [0.25, 0.3) is 11.6 Å². The molecule has 1 N–H and O–H groups in total. The Morgan fingerprint density at radius 1 is 1.30 bits per heavy atom. The SMILES string of the molecule is Cc1ccc([N+](=O)[O-])cc1NC(=O)COC(=O)[C@H]1CC(=O)N(c2ccccc2F)C1. The summed E-state index contributed by atoms with van der Waals surface area (Å²) in [7, 11) is 0. The number of amides is 2. The molecule has 0 saturated carbocycles. The van der Waals surface area contributed by atoms with Crippen molar-refractivity contribution in [2.45, 2.75) is 13.3 Å². The Labute approximate surface area is 170 Å². The molecule has 3 rings (SSSR count). The Morgan fingerprint density at radius 2 is 2.03 bits per heavy atom. The number of aryl methyl sites for hydroxylation is 1. The van der Waals surface area contributed by atoms with Gasteiger partial charge in [0.05, 0.1) is 22.2 Å². The van der Waals surface area contributed by atoms with Crippen LogP contribution in [0.25, 0.3) is 0 Å². The second kappa shape index (κ2) is 8.68. The van der Waals surface area contributed by atoms with Crippen LogP contribution in [0.4, 0.5) is 21.5 Å². The van der Waals surface area contributed by atoms with E-state index in [-0.39, 0.29) is 30.0 Å². The lowest BCUT2D eigenvalue weighted by molar-refractivity contribution is -0.384. The van der Waals surface area contributed by atoms with E-state index in [0.717, 1.165) is 0 Å². The van der Waals surface area contributed by atoms with Crippen molar-refractivity contribution in [2.75, 3.05) is 23.4 Å². The van der Waals surface area contributed by atoms with Gasteiger partial charge in [-0.05, 0) is 24.6 Å². The van der Waals surface area contributed by atoms with E-state index in [0.29, 0.717) is 5.56 Å². The van der Waals surface area contributed by atoms with Crippen LogP contribution < -0.4 is 10.2 Å². The molecule has 2 aromatic carbocycles. The van der Waals surface area contributed by atoms with E-state index in [9.17, 15) is 28.9 Å². The molecule has 1 heterocycles. The fourth-order valence-corrected chi connectivity index (χ4v) is 3.07. The lowest BCUT2D eigenvalue weighted by atomic mass is 10.1. The maximum Gasteiger partial charge on any atom is 0.311 e. The number of carbonyl (C=O) groups is 3. The predicted octanol–water partition coefficient (Wildman–Crippen LogP) is 2.58. The van der Waals surface area contributed by atoms with Crippen molar-refractivity contribution in [3.63, 3.8) is 0 Å². The Kier molecular flexibility index (Phi) is 6.05.